The minimum Gasteiger partial charge on any atom is -0.492 e. The van der Waals surface area contributed by atoms with Gasteiger partial charge >= 0.3 is 0 Å². The molecule has 1 N–H and O–H groups in total. The smallest absolute Gasteiger partial charge is 0.143 e. The van der Waals surface area contributed by atoms with Gasteiger partial charge in [-0.05, 0) is 23.8 Å². The molecule has 0 amide bonds. The molecule has 2 aliphatic rings. The quantitative estimate of drug-likeness (QED) is 0.536. The van der Waals surface area contributed by atoms with Crippen LogP contribution in [0.2, 0.25) is 0 Å². The van der Waals surface area contributed by atoms with Crippen LogP contribution in [0.3, 0.4) is 0 Å². The monoisotopic (exact) mass is 413 g/mol. The van der Waals surface area contributed by atoms with Gasteiger partial charge in [0.15, 0.2) is 0 Å². The highest BCUT2D eigenvalue weighted by Crippen LogP contribution is 2.44. The number of fused-ring (bicyclic) bond motifs is 3. The summed E-state index contributed by atoms with van der Waals surface area (Å²) < 4.78 is 15.0. The number of ether oxygens (including phenoxy) is 2. The lowest BCUT2D eigenvalue weighted by Gasteiger charge is -2.27. The van der Waals surface area contributed by atoms with Crippen LogP contribution in [0.25, 0.3) is 21.8 Å². The Labute approximate surface area is 182 Å². The summed E-state index contributed by atoms with van der Waals surface area (Å²) in [5.74, 6) is 1.91. The summed E-state index contributed by atoms with van der Waals surface area (Å²) in [4.78, 5) is 2.46. The zero-order valence-electron chi connectivity index (χ0n) is 17.6. The Bertz CT molecular complexity index is 1210. The number of nitrogens with one attached hydrogen (secondary N) is 1. The highest BCUT2D eigenvalue weighted by atomic mass is 16.5. The third-order valence-corrected chi connectivity index (χ3v) is 6.54. The maximum Gasteiger partial charge on any atom is 0.143 e. The van der Waals surface area contributed by atoms with Crippen LogP contribution in [0.15, 0.2) is 66.7 Å². The van der Waals surface area contributed by atoms with Crippen molar-refractivity contribution < 1.29 is 9.47 Å². The average molecular weight is 414 g/mol. The van der Waals surface area contributed by atoms with Gasteiger partial charge in [-0.3, -0.25) is 4.90 Å². The molecule has 158 valence electrons. The molecular weight excluding hydrogens is 386 g/mol. The first kappa shape index (κ1) is 18.7. The van der Waals surface area contributed by atoms with Gasteiger partial charge in [0.1, 0.15) is 24.7 Å². The Balaban J connectivity index is 1.42. The fourth-order valence-electron chi connectivity index (χ4n) is 5.03. The molecule has 2 aliphatic heterocycles. The van der Waals surface area contributed by atoms with Crippen LogP contribution in [-0.2, 0) is 0 Å². The van der Waals surface area contributed by atoms with E-state index < -0.39 is 0 Å². The molecule has 6 rings (SSSR count). The molecule has 1 unspecified atom stereocenters. The molecule has 5 heteroatoms. The Hall–Kier alpha value is -3.02. The van der Waals surface area contributed by atoms with Gasteiger partial charge < -0.3 is 19.4 Å². The number of nitrogens with zero attached hydrogens (tertiary/aromatic N) is 2. The summed E-state index contributed by atoms with van der Waals surface area (Å²) >= 11 is 0. The van der Waals surface area contributed by atoms with Crippen LogP contribution < -0.4 is 14.8 Å². The maximum absolute atomic E-state index is 6.37. The second kappa shape index (κ2) is 7.91. The highest BCUT2D eigenvalue weighted by Gasteiger charge is 2.28. The van der Waals surface area contributed by atoms with Gasteiger partial charge in [0.05, 0.1) is 17.1 Å². The molecule has 1 aromatic heterocycles. The third-order valence-electron chi connectivity index (χ3n) is 6.54. The van der Waals surface area contributed by atoms with Gasteiger partial charge in [-0.25, -0.2) is 0 Å². The molecule has 4 aromatic rings. The number of para-hydroxylation sites is 1. The molecule has 0 saturated carbocycles. The predicted molar refractivity (Wildman–Crippen MR) is 124 cm³/mol. The van der Waals surface area contributed by atoms with E-state index in [1.165, 1.54) is 21.9 Å². The molecule has 1 fully saturated rings. The first-order valence-electron chi connectivity index (χ1n) is 11.2. The van der Waals surface area contributed by atoms with Crippen molar-refractivity contribution in [2.24, 2.45) is 0 Å². The van der Waals surface area contributed by atoms with Crippen molar-refractivity contribution in [1.82, 2.24) is 14.8 Å². The molecule has 31 heavy (non-hydrogen) atoms. The van der Waals surface area contributed by atoms with Gasteiger partial charge in [0, 0.05) is 43.5 Å². The first-order valence-corrected chi connectivity index (χ1v) is 11.2. The van der Waals surface area contributed by atoms with E-state index in [1.54, 1.807) is 0 Å². The van der Waals surface area contributed by atoms with Crippen molar-refractivity contribution in [3.63, 3.8) is 0 Å². The fourth-order valence-corrected chi connectivity index (χ4v) is 5.03. The zero-order chi connectivity index (χ0) is 20.6. The van der Waals surface area contributed by atoms with Crippen molar-refractivity contribution in [2.75, 3.05) is 45.9 Å². The Morgan fingerprint density at radius 2 is 1.77 bits per heavy atom. The van der Waals surface area contributed by atoms with E-state index in [2.05, 4.69) is 81.5 Å². The number of hydrogen-bond donors (Lipinski definition) is 1. The minimum absolute atomic E-state index is 0.146. The van der Waals surface area contributed by atoms with E-state index in [0.29, 0.717) is 13.2 Å². The molecule has 1 saturated heterocycles. The third kappa shape index (κ3) is 3.25. The molecule has 0 aliphatic carbocycles. The summed E-state index contributed by atoms with van der Waals surface area (Å²) in [6, 6.07) is 23.6. The molecule has 0 spiro atoms. The molecule has 3 aromatic carbocycles. The van der Waals surface area contributed by atoms with E-state index in [9.17, 15) is 0 Å². The normalized spacial score (nSPS) is 18.9. The number of benzene rings is 3. The van der Waals surface area contributed by atoms with Gasteiger partial charge in [-0.15, -0.1) is 0 Å². The van der Waals surface area contributed by atoms with Crippen molar-refractivity contribution >= 4 is 21.8 Å². The van der Waals surface area contributed by atoms with Crippen LogP contribution in [-0.4, -0.2) is 55.4 Å². The molecule has 5 nitrogen and oxygen atoms in total. The molecular formula is C26H27N3O2. The van der Waals surface area contributed by atoms with E-state index >= 15 is 0 Å². The molecule has 1 atom stereocenters. The maximum atomic E-state index is 6.37. The Morgan fingerprint density at radius 3 is 2.65 bits per heavy atom. The standard InChI is InChI=1S/C26H27N3O2/c1-2-6-19(7-3-1)22-18-31-24-11-4-8-20-25-21(29(22)26(20)24)9-5-10-23(25)30-17-16-28-14-12-27-13-15-28/h1-11,22,27H,12-18H2. The lowest BCUT2D eigenvalue weighted by Crippen LogP contribution is -2.44. The van der Waals surface area contributed by atoms with Crippen LogP contribution in [0.5, 0.6) is 11.5 Å². The van der Waals surface area contributed by atoms with E-state index in [1.807, 2.05) is 0 Å². The number of aromatic nitrogens is 1. The van der Waals surface area contributed by atoms with Crippen LogP contribution in [0.1, 0.15) is 11.6 Å². The SMILES string of the molecule is c1ccc(C2COc3cccc4c5c(OCCN6CCNCC6)cccc5n2c34)cc1. The average Bonchev–Trinajstić information content (AvgIpc) is 3.18. The summed E-state index contributed by atoms with van der Waals surface area (Å²) in [7, 11) is 0. The highest BCUT2D eigenvalue weighted by molar-refractivity contribution is 6.13. The van der Waals surface area contributed by atoms with E-state index in [0.717, 1.165) is 49.7 Å². The molecule has 3 heterocycles. The fraction of sp³-hybridized carbons (Fsp3) is 0.308. The van der Waals surface area contributed by atoms with E-state index in [-0.39, 0.29) is 6.04 Å². The topological polar surface area (TPSA) is 38.7 Å². The lowest BCUT2D eigenvalue weighted by molar-refractivity contribution is 0.192. The van der Waals surface area contributed by atoms with Crippen LogP contribution >= 0.6 is 0 Å². The predicted octanol–water partition coefficient (Wildman–Crippen LogP) is 4.06. The minimum atomic E-state index is 0.146. The number of hydrogen-bond acceptors (Lipinski definition) is 4. The largest absolute Gasteiger partial charge is 0.492 e. The summed E-state index contributed by atoms with van der Waals surface area (Å²) in [5, 5.41) is 5.79. The van der Waals surface area contributed by atoms with Crippen molar-refractivity contribution in [3.05, 3.63) is 72.3 Å². The van der Waals surface area contributed by atoms with Gasteiger partial charge in [0.25, 0.3) is 0 Å². The molecule has 0 radical (unpaired) electrons. The number of piperazine rings is 1. The van der Waals surface area contributed by atoms with Crippen molar-refractivity contribution in [1.29, 1.82) is 0 Å². The second-order valence-electron chi connectivity index (χ2n) is 8.35. The first-order chi connectivity index (χ1) is 15.4. The summed E-state index contributed by atoms with van der Waals surface area (Å²) in [6.07, 6.45) is 0. The lowest BCUT2D eigenvalue weighted by atomic mass is 10.1. The zero-order valence-corrected chi connectivity index (χ0v) is 17.6. The van der Waals surface area contributed by atoms with Crippen molar-refractivity contribution in [2.45, 2.75) is 6.04 Å². The summed E-state index contributed by atoms with van der Waals surface area (Å²) in [6.45, 7) is 6.59. The van der Waals surface area contributed by atoms with Gasteiger partial charge in [-0.2, -0.15) is 0 Å². The van der Waals surface area contributed by atoms with E-state index in [4.69, 9.17) is 9.47 Å². The summed E-state index contributed by atoms with van der Waals surface area (Å²) in [5.41, 5.74) is 3.64. The van der Waals surface area contributed by atoms with Crippen LogP contribution in [0.4, 0.5) is 0 Å². The molecule has 0 bridgehead atoms. The Morgan fingerprint density at radius 1 is 0.935 bits per heavy atom. The van der Waals surface area contributed by atoms with Gasteiger partial charge in [-0.1, -0.05) is 48.5 Å². The second-order valence-corrected chi connectivity index (χ2v) is 8.35. The Kier molecular flexibility index (Phi) is 4.78. The van der Waals surface area contributed by atoms with Gasteiger partial charge in [0.2, 0.25) is 0 Å². The van der Waals surface area contributed by atoms with Crippen LogP contribution in [0, 0.1) is 0 Å². The number of rotatable bonds is 5. The van der Waals surface area contributed by atoms with Crippen molar-refractivity contribution in [3.8, 4) is 11.5 Å².